The van der Waals surface area contributed by atoms with Gasteiger partial charge in [0.05, 0.1) is 12.8 Å². The molecule has 2 aromatic rings. The molecule has 0 spiro atoms. The molecule has 0 fully saturated rings. The van der Waals surface area contributed by atoms with Crippen molar-refractivity contribution in [3.63, 3.8) is 0 Å². The Bertz CT molecular complexity index is 1010. The second-order valence-corrected chi connectivity index (χ2v) is 9.46. The molecule has 150 valence electrons. The Morgan fingerprint density at radius 1 is 1.25 bits per heavy atom. The number of anilines is 1. The van der Waals surface area contributed by atoms with E-state index in [9.17, 15) is 18.0 Å². The zero-order valence-corrected chi connectivity index (χ0v) is 17.5. The number of benzene rings is 1. The first-order chi connectivity index (χ1) is 13.3. The van der Waals surface area contributed by atoms with Crippen molar-refractivity contribution in [2.75, 3.05) is 18.0 Å². The summed E-state index contributed by atoms with van der Waals surface area (Å²) < 4.78 is 32.7. The summed E-state index contributed by atoms with van der Waals surface area (Å²) in [5.41, 5.74) is 1.65. The average molecular weight is 423 g/mol. The normalized spacial score (nSPS) is 13.9. The van der Waals surface area contributed by atoms with Crippen molar-refractivity contribution in [3.05, 3.63) is 45.6 Å². The predicted octanol–water partition coefficient (Wildman–Crippen LogP) is 2.81. The average Bonchev–Trinajstić information content (AvgIpc) is 3.16. The van der Waals surface area contributed by atoms with Crippen LogP contribution in [-0.4, -0.2) is 40.0 Å². The highest BCUT2D eigenvalue weighted by molar-refractivity contribution is 7.93. The number of hydrogen-bond donors (Lipinski definition) is 1. The van der Waals surface area contributed by atoms with E-state index in [1.807, 2.05) is 13.8 Å². The zero-order chi connectivity index (χ0) is 20.5. The molecule has 7 nitrogen and oxygen atoms in total. The third-order valence-electron chi connectivity index (χ3n) is 4.44. The van der Waals surface area contributed by atoms with Crippen LogP contribution in [0, 0.1) is 0 Å². The smallest absolute Gasteiger partial charge is 0.349 e. The summed E-state index contributed by atoms with van der Waals surface area (Å²) in [6.07, 6.45) is 1.19. The van der Waals surface area contributed by atoms with Crippen LogP contribution in [0.5, 0.6) is 0 Å². The minimum absolute atomic E-state index is 0.0276. The van der Waals surface area contributed by atoms with Gasteiger partial charge in [-0.15, -0.1) is 11.3 Å². The molecule has 1 amide bonds. The van der Waals surface area contributed by atoms with Gasteiger partial charge in [-0.25, -0.2) is 13.2 Å². The van der Waals surface area contributed by atoms with E-state index in [0.717, 1.165) is 11.3 Å². The molecule has 0 aliphatic carbocycles. The fraction of sp³-hybridized carbons (Fsp3) is 0.368. The summed E-state index contributed by atoms with van der Waals surface area (Å²) in [6.45, 7) is 4.02. The molecule has 1 aromatic heterocycles. The minimum atomic E-state index is -3.97. The molecular formula is C19H22N2O5S2. The maximum Gasteiger partial charge on any atom is 0.349 e. The molecule has 0 radical (unpaired) electrons. The molecule has 1 N–H and O–H groups in total. The Hall–Kier alpha value is -2.39. The SMILES string of the molecule is COC(=O)c1sccc1S(=O)(=O)N1CCCc2c(C(=O)NC(C)C)cccc21. The first-order valence-corrected chi connectivity index (χ1v) is 11.2. The number of ether oxygens (including phenoxy) is 1. The van der Waals surface area contributed by atoms with Gasteiger partial charge in [-0.2, -0.15) is 0 Å². The number of carbonyl (C=O) groups excluding carboxylic acids is 2. The lowest BCUT2D eigenvalue weighted by molar-refractivity contribution is 0.0602. The highest BCUT2D eigenvalue weighted by atomic mass is 32.2. The van der Waals surface area contributed by atoms with Crippen molar-refractivity contribution in [1.29, 1.82) is 0 Å². The fourth-order valence-corrected chi connectivity index (χ4v) is 6.10. The number of methoxy groups -OCH3 is 1. The summed E-state index contributed by atoms with van der Waals surface area (Å²) in [5.74, 6) is -0.909. The molecule has 0 bridgehead atoms. The Balaban J connectivity index is 2.07. The van der Waals surface area contributed by atoms with Crippen LogP contribution in [0.25, 0.3) is 0 Å². The van der Waals surface area contributed by atoms with E-state index in [1.165, 1.54) is 17.5 Å². The molecule has 2 heterocycles. The summed E-state index contributed by atoms with van der Waals surface area (Å²) in [7, 11) is -2.76. The largest absolute Gasteiger partial charge is 0.465 e. The molecule has 9 heteroatoms. The molecular weight excluding hydrogens is 400 g/mol. The quantitative estimate of drug-likeness (QED) is 0.748. The topological polar surface area (TPSA) is 92.8 Å². The van der Waals surface area contributed by atoms with Crippen LogP contribution in [0.15, 0.2) is 34.5 Å². The van der Waals surface area contributed by atoms with Crippen molar-refractivity contribution in [1.82, 2.24) is 5.32 Å². The van der Waals surface area contributed by atoms with Crippen LogP contribution < -0.4 is 9.62 Å². The second-order valence-electron chi connectivity index (χ2n) is 6.72. The fourth-order valence-electron chi connectivity index (χ4n) is 3.25. The zero-order valence-electron chi connectivity index (χ0n) is 15.9. The van der Waals surface area contributed by atoms with E-state index in [1.54, 1.807) is 23.6 Å². The lowest BCUT2D eigenvalue weighted by Gasteiger charge is -2.31. The number of hydrogen-bond acceptors (Lipinski definition) is 6. The third kappa shape index (κ3) is 3.64. The number of sulfonamides is 1. The van der Waals surface area contributed by atoms with E-state index in [-0.39, 0.29) is 28.3 Å². The molecule has 1 aliphatic rings. The highest BCUT2D eigenvalue weighted by Crippen LogP contribution is 2.36. The third-order valence-corrected chi connectivity index (χ3v) is 7.32. The summed E-state index contributed by atoms with van der Waals surface area (Å²) in [6, 6.07) is 6.46. The van der Waals surface area contributed by atoms with Crippen molar-refractivity contribution in [2.24, 2.45) is 0 Å². The van der Waals surface area contributed by atoms with Crippen LogP contribution >= 0.6 is 11.3 Å². The monoisotopic (exact) mass is 422 g/mol. The molecule has 0 saturated carbocycles. The van der Waals surface area contributed by atoms with Crippen molar-refractivity contribution < 1.29 is 22.7 Å². The number of nitrogens with zero attached hydrogens (tertiary/aromatic N) is 1. The number of fused-ring (bicyclic) bond motifs is 1. The predicted molar refractivity (Wildman–Crippen MR) is 108 cm³/mol. The van der Waals surface area contributed by atoms with Crippen LogP contribution in [0.1, 0.15) is 45.9 Å². The Kier molecular flexibility index (Phi) is 5.76. The van der Waals surface area contributed by atoms with E-state index in [0.29, 0.717) is 29.7 Å². The number of esters is 1. The van der Waals surface area contributed by atoms with Crippen LogP contribution in [0.4, 0.5) is 5.69 Å². The van der Waals surface area contributed by atoms with Gasteiger partial charge in [0.25, 0.3) is 15.9 Å². The number of carbonyl (C=O) groups is 2. The molecule has 0 atom stereocenters. The van der Waals surface area contributed by atoms with Crippen molar-refractivity contribution in [3.8, 4) is 0 Å². The van der Waals surface area contributed by atoms with Crippen LogP contribution in [0.3, 0.4) is 0 Å². The van der Waals surface area contributed by atoms with Gasteiger partial charge < -0.3 is 10.1 Å². The van der Waals surface area contributed by atoms with Gasteiger partial charge in [0.2, 0.25) is 0 Å². The number of thiophene rings is 1. The van der Waals surface area contributed by atoms with E-state index >= 15 is 0 Å². The maximum atomic E-state index is 13.3. The molecule has 1 aromatic carbocycles. The second kappa shape index (κ2) is 7.92. The van der Waals surface area contributed by atoms with Gasteiger partial charge in [-0.05, 0) is 55.8 Å². The molecule has 1 aliphatic heterocycles. The Morgan fingerprint density at radius 3 is 2.68 bits per heavy atom. The number of nitrogens with one attached hydrogen (secondary N) is 1. The first-order valence-electron chi connectivity index (χ1n) is 8.88. The summed E-state index contributed by atoms with van der Waals surface area (Å²) in [4.78, 5) is 24.5. The van der Waals surface area contributed by atoms with E-state index in [4.69, 9.17) is 4.74 Å². The van der Waals surface area contributed by atoms with Gasteiger partial charge in [-0.3, -0.25) is 9.10 Å². The van der Waals surface area contributed by atoms with Gasteiger partial charge in [-0.1, -0.05) is 6.07 Å². The first kappa shape index (κ1) is 20.3. The molecule has 3 rings (SSSR count). The van der Waals surface area contributed by atoms with E-state index < -0.39 is 16.0 Å². The van der Waals surface area contributed by atoms with Gasteiger partial charge in [0.1, 0.15) is 9.77 Å². The Morgan fingerprint density at radius 2 is 2.00 bits per heavy atom. The van der Waals surface area contributed by atoms with Gasteiger partial charge in [0.15, 0.2) is 0 Å². The standard InChI is InChI=1S/C19H22N2O5S2/c1-12(2)20-18(22)14-6-4-8-15-13(14)7-5-10-21(15)28(24,25)16-9-11-27-17(16)19(23)26-3/h4,6,8-9,11-12H,5,7,10H2,1-3H3,(H,20,22). The maximum absolute atomic E-state index is 13.3. The van der Waals surface area contributed by atoms with Crippen LogP contribution in [0.2, 0.25) is 0 Å². The van der Waals surface area contributed by atoms with Crippen molar-refractivity contribution in [2.45, 2.75) is 37.6 Å². The minimum Gasteiger partial charge on any atom is -0.465 e. The summed E-state index contributed by atoms with van der Waals surface area (Å²) >= 11 is 1.02. The molecule has 0 unspecified atom stereocenters. The Labute approximate surface area is 168 Å². The van der Waals surface area contributed by atoms with Gasteiger partial charge >= 0.3 is 5.97 Å². The molecule has 0 saturated heterocycles. The lowest BCUT2D eigenvalue weighted by atomic mass is 9.97. The van der Waals surface area contributed by atoms with E-state index in [2.05, 4.69) is 5.32 Å². The molecule has 28 heavy (non-hydrogen) atoms. The van der Waals surface area contributed by atoms with Crippen LogP contribution in [-0.2, 0) is 21.2 Å². The lowest BCUT2D eigenvalue weighted by Crippen LogP contribution is -2.37. The summed E-state index contributed by atoms with van der Waals surface area (Å²) in [5, 5.41) is 4.41. The highest BCUT2D eigenvalue weighted by Gasteiger charge is 2.34. The number of amides is 1. The number of rotatable bonds is 5. The van der Waals surface area contributed by atoms with Gasteiger partial charge in [0, 0.05) is 18.2 Å². The van der Waals surface area contributed by atoms with Crippen molar-refractivity contribution >= 4 is 38.9 Å².